The largest absolute Gasteiger partial charge is 0.391 e. The molecule has 1 heterocycles. The van der Waals surface area contributed by atoms with Crippen LogP contribution in [0.5, 0.6) is 0 Å². The normalized spacial score (nSPS) is 59.2. The van der Waals surface area contributed by atoms with Gasteiger partial charge in [-0.05, 0) is 110 Å². The minimum Gasteiger partial charge on any atom is -0.373 e. The summed E-state index contributed by atoms with van der Waals surface area (Å²) in [4.78, 5) is 0. The molecule has 0 N–H and O–H groups in total. The van der Waals surface area contributed by atoms with E-state index in [1.165, 1.54) is 19.3 Å². The summed E-state index contributed by atoms with van der Waals surface area (Å²) in [5.74, 6) is 6.33. The predicted octanol–water partition coefficient (Wildman–Crippen LogP) is 6.57. The van der Waals surface area contributed by atoms with Gasteiger partial charge in [-0.2, -0.15) is 13.2 Å². The molecule has 9 unspecified atom stereocenters. The minimum atomic E-state index is -3.98. The van der Waals surface area contributed by atoms with Crippen molar-refractivity contribution in [1.29, 1.82) is 0 Å². The Labute approximate surface area is 173 Å². The van der Waals surface area contributed by atoms with Crippen molar-refractivity contribution in [2.75, 3.05) is 6.61 Å². The Kier molecular flexibility index (Phi) is 4.13. The lowest BCUT2D eigenvalue weighted by Crippen LogP contribution is -2.51. The number of epoxide rings is 1. The summed E-state index contributed by atoms with van der Waals surface area (Å²) >= 11 is 0. The second-order valence-electron chi connectivity index (χ2n) is 12.2. The third-order valence-corrected chi connectivity index (χ3v) is 11.3. The van der Waals surface area contributed by atoms with Gasteiger partial charge < -0.3 is 4.74 Å². The highest BCUT2D eigenvalue weighted by molar-refractivity contribution is 5.21. The smallest absolute Gasteiger partial charge is 0.373 e. The molecule has 0 aromatic carbocycles. The van der Waals surface area contributed by atoms with Crippen molar-refractivity contribution in [3.05, 3.63) is 0 Å². The molecular weight excluding hydrogens is 373 g/mol. The molecule has 6 rings (SSSR count). The maximum absolute atomic E-state index is 13.3. The summed E-state index contributed by atoms with van der Waals surface area (Å²) in [6.45, 7) is 8.48. The molecule has 0 bridgehead atoms. The first kappa shape index (κ1) is 19.4. The first-order chi connectivity index (χ1) is 13.7. The van der Waals surface area contributed by atoms with Crippen LogP contribution < -0.4 is 0 Å². The van der Waals surface area contributed by atoms with Gasteiger partial charge in [-0.15, -0.1) is 0 Å². The Balaban J connectivity index is 1.25. The summed E-state index contributed by atoms with van der Waals surface area (Å²) in [5, 5.41) is 0. The molecule has 1 nitrogen and oxygen atoms in total. The fraction of sp³-hybridized carbons (Fsp3) is 1.00. The fourth-order valence-electron chi connectivity index (χ4n) is 10.2. The van der Waals surface area contributed by atoms with E-state index in [4.69, 9.17) is 4.74 Å². The lowest BCUT2D eigenvalue weighted by molar-refractivity contribution is -0.196. The van der Waals surface area contributed by atoms with Crippen LogP contribution in [0.4, 0.5) is 13.2 Å². The quantitative estimate of drug-likeness (QED) is 0.469. The Bertz CT molecular complexity index is 671. The van der Waals surface area contributed by atoms with Crippen LogP contribution in [0.25, 0.3) is 0 Å². The summed E-state index contributed by atoms with van der Waals surface area (Å²) in [6.07, 6.45) is 3.00. The Morgan fingerprint density at radius 3 is 2.38 bits per heavy atom. The van der Waals surface area contributed by atoms with E-state index in [0.29, 0.717) is 48.0 Å². The Hall–Kier alpha value is -0.250. The number of hydrogen-bond acceptors (Lipinski definition) is 1. The molecule has 164 valence electrons. The van der Waals surface area contributed by atoms with E-state index in [1.54, 1.807) is 0 Å². The van der Waals surface area contributed by atoms with E-state index >= 15 is 0 Å². The van der Waals surface area contributed by atoms with Gasteiger partial charge in [-0.25, -0.2) is 0 Å². The van der Waals surface area contributed by atoms with Gasteiger partial charge in [0.05, 0.1) is 18.6 Å². The highest BCUT2D eigenvalue weighted by Gasteiger charge is 2.73. The third-order valence-electron chi connectivity index (χ3n) is 11.3. The van der Waals surface area contributed by atoms with Crippen LogP contribution in [0.1, 0.15) is 65.7 Å². The standard InChI is InChI=1S/C25H37F3O/c1-12(19-11-29-19)22-20-13(2)21(20)23-18-6-4-14-10-15(25(26,27)28)5-7-16(14)17(18)8-9-24(22,23)3/h12-23H,4-11H2,1-3H3/t12-,13-,14?,15?,16+,17?,18-,19?,20?,21?,22?,23?,24?/m1/s1. The van der Waals surface area contributed by atoms with Gasteiger partial charge in [0.25, 0.3) is 0 Å². The van der Waals surface area contributed by atoms with Gasteiger partial charge in [0.15, 0.2) is 0 Å². The topological polar surface area (TPSA) is 12.5 Å². The second-order valence-corrected chi connectivity index (χ2v) is 12.2. The molecular formula is C25H37F3O. The number of rotatable bonds is 2. The molecule has 5 saturated carbocycles. The maximum Gasteiger partial charge on any atom is 0.391 e. The number of fused-ring (bicyclic) bond motifs is 7. The maximum atomic E-state index is 13.3. The molecule has 0 aromatic rings. The molecule has 6 aliphatic rings. The SMILES string of the molecule is C[C@@H]1C2C1C1[C@@H]3CCC4CC(C(F)(F)F)CC[C@@H]4C3CCC1(C)C2[C@H](C)C1CO1. The van der Waals surface area contributed by atoms with Gasteiger partial charge in [0, 0.05) is 0 Å². The monoisotopic (exact) mass is 410 g/mol. The zero-order valence-corrected chi connectivity index (χ0v) is 18.1. The van der Waals surface area contributed by atoms with Crippen LogP contribution in [0.2, 0.25) is 0 Å². The lowest BCUT2D eigenvalue weighted by atomic mass is 9.47. The van der Waals surface area contributed by atoms with Crippen LogP contribution in [0.15, 0.2) is 0 Å². The first-order valence-electron chi connectivity index (χ1n) is 12.4. The molecule has 6 fully saturated rings. The summed E-state index contributed by atoms with van der Waals surface area (Å²) < 4.78 is 45.7. The molecule has 0 aromatic heterocycles. The van der Waals surface area contributed by atoms with E-state index in [-0.39, 0.29) is 0 Å². The Morgan fingerprint density at radius 2 is 1.69 bits per heavy atom. The third kappa shape index (κ3) is 2.69. The highest BCUT2D eigenvalue weighted by atomic mass is 19.4. The second kappa shape index (κ2) is 6.17. The number of hydrogen-bond donors (Lipinski definition) is 0. The molecule has 0 amide bonds. The molecule has 1 saturated heterocycles. The van der Waals surface area contributed by atoms with Crippen molar-refractivity contribution in [2.24, 2.45) is 70.5 Å². The van der Waals surface area contributed by atoms with Crippen LogP contribution in [0.3, 0.4) is 0 Å². The van der Waals surface area contributed by atoms with Crippen LogP contribution in [0, 0.1) is 70.5 Å². The van der Waals surface area contributed by atoms with E-state index in [0.717, 1.165) is 55.0 Å². The molecule has 0 radical (unpaired) electrons. The van der Waals surface area contributed by atoms with Gasteiger partial charge in [0.1, 0.15) is 0 Å². The number of ether oxygens (including phenoxy) is 1. The molecule has 29 heavy (non-hydrogen) atoms. The van der Waals surface area contributed by atoms with Crippen molar-refractivity contribution in [3.63, 3.8) is 0 Å². The van der Waals surface area contributed by atoms with Crippen molar-refractivity contribution in [2.45, 2.75) is 78.0 Å². The summed E-state index contributed by atoms with van der Waals surface area (Å²) in [6, 6.07) is 0. The molecule has 13 atom stereocenters. The van der Waals surface area contributed by atoms with Crippen LogP contribution in [-0.4, -0.2) is 18.9 Å². The van der Waals surface area contributed by atoms with Crippen molar-refractivity contribution in [3.8, 4) is 0 Å². The zero-order chi connectivity index (χ0) is 20.3. The molecule has 0 spiro atoms. The van der Waals surface area contributed by atoms with Crippen molar-refractivity contribution in [1.82, 2.24) is 0 Å². The number of halogens is 3. The van der Waals surface area contributed by atoms with Gasteiger partial charge >= 0.3 is 6.18 Å². The number of alkyl halides is 3. The van der Waals surface area contributed by atoms with Gasteiger partial charge in [0.2, 0.25) is 0 Å². The highest BCUT2D eigenvalue weighted by Crippen LogP contribution is 2.78. The van der Waals surface area contributed by atoms with E-state index < -0.39 is 12.1 Å². The van der Waals surface area contributed by atoms with Crippen molar-refractivity contribution >= 4 is 0 Å². The van der Waals surface area contributed by atoms with E-state index in [9.17, 15) is 13.2 Å². The fourth-order valence-corrected chi connectivity index (χ4v) is 10.2. The van der Waals surface area contributed by atoms with E-state index in [1.807, 2.05) is 0 Å². The average Bonchev–Trinajstić information content (AvgIpc) is 3.58. The Morgan fingerprint density at radius 1 is 0.966 bits per heavy atom. The van der Waals surface area contributed by atoms with Crippen LogP contribution >= 0.6 is 0 Å². The minimum absolute atomic E-state index is 0.337. The van der Waals surface area contributed by atoms with E-state index in [2.05, 4.69) is 20.8 Å². The lowest BCUT2D eigenvalue weighted by Gasteiger charge is -2.58. The van der Waals surface area contributed by atoms with Gasteiger partial charge in [-0.3, -0.25) is 0 Å². The molecule has 4 heteroatoms. The van der Waals surface area contributed by atoms with Crippen LogP contribution in [-0.2, 0) is 4.74 Å². The predicted molar refractivity (Wildman–Crippen MR) is 106 cm³/mol. The summed E-state index contributed by atoms with van der Waals surface area (Å²) in [5.41, 5.74) is 0.449. The van der Waals surface area contributed by atoms with Gasteiger partial charge in [-0.1, -0.05) is 20.8 Å². The molecule has 5 aliphatic carbocycles. The average molecular weight is 411 g/mol. The summed E-state index contributed by atoms with van der Waals surface area (Å²) in [7, 11) is 0. The first-order valence-corrected chi connectivity index (χ1v) is 12.4. The van der Waals surface area contributed by atoms with Crippen molar-refractivity contribution < 1.29 is 17.9 Å². The zero-order valence-electron chi connectivity index (χ0n) is 18.1. The molecule has 1 aliphatic heterocycles.